The number of furan rings is 1. The molecule has 1 atom stereocenters. The smallest absolute Gasteiger partial charge is 0.321 e. The fourth-order valence-electron chi connectivity index (χ4n) is 1.69. The molecule has 1 rings (SSSR count). The number of nitrogens with one attached hydrogen (secondary N) is 1. The van der Waals surface area contributed by atoms with E-state index in [4.69, 9.17) is 14.6 Å². The lowest BCUT2D eigenvalue weighted by Crippen LogP contribution is -2.44. The number of carboxylic acids is 2. The molecule has 1 aromatic heterocycles. The molecule has 6 heteroatoms. The van der Waals surface area contributed by atoms with E-state index < -0.39 is 29.8 Å². The molecule has 106 valence electrons. The summed E-state index contributed by atoms with van der Waals surface area (Å²) in [6.45, 7) is 5.94. The molecule has 0 aromatic carbocycles. The van der Waals surface area contributed by atoms with E-state index in [0.29, 0.717) is 6.54 Å². The topological polar surface area (TPSA) is 99.8 Å². The Kier molecular flexibility index (Phi) is 4.72. The fourth-order valence-corrected chi connectivity index (χ4v) is 1.69. The number of aryl methyl sites for hydroxylation is 1. The minimum absolute atomic E-state index is 0.310. The Labute approximate surface area is 111 Å². The first-order chi connectivity index (χ1) is 8.72. The van der Waals surface area contributed by atoms with Crippen molar-refractivity contribution in [3.63, 3.8) is 0 Å². The molecule has 0 spiro atoms. The van der Waals surface area contributed by atoms with Crippen molar-refractivity contribution in [3.05, 3.63) is 23.7 Å². The third-order valence-electron chi connectivity index (χ3n) is 2.87. The molecule has 0 saturated heterocycles. The van der Waals surface area contributed by atoms with E-state index in [1.54, 1.807) is 0 Å². The van der Waals surface area contributed by atoms with E-state index in [2.05, 4.69) is 5.32 Å². The van der Waals surface area contributed by atoms with Crippen molar-refractivity contribution in [3.8, 4) is 0 Å². The van der Waals surface area contributed by atoms with Crippen molar-refractivity contribution < 1.29 is 24.2 Å². The maximum atomic E-state index is 10.9. The molecular weight excluding hydrogens is 250 g/mol. The highest BCUT2D eigenvalue weighted by atomic mass is 16.4. The number of hydrogen-bond donors (Lipinski definition) is 3. The molecule has 0 amide bonds. The summed E-state index contributed by atoms with van der Waals surface area (Å²) in [5, 5.41) is 20.4. The van der Waals surface area contributed by atoms with Gasteiger partial charge >= 0.3 is 11.9 Å². The van der Waals surface area contributed by atoms with Crippen molar-refractivity contribution >= 4 is 11.9 Å². The molecule has 1 heterocycles. The molecule has 0 radical (unpaired) electrons. The third-order valence-corrected chi connectivity index (χ3v) is 2.87. The Hall–Kier alpha value is -1.82. The second-order valence-corrected chi connectivity index (χ2v) is 5.16. The maximum Gasteiger partial charge on any atom is 0.321 e. The summed E-state index contributed by atoms with van der Waals surface area (Å²) < 4.78 is 5.52. The molecule has 1 unspecified atom stereocenters. The van der Waals surface area contributed by atoms with Crippen LogP contribution in [0.25, 0.3) is 0 Å². The van der Waals surface area contributed by atoms with Crippen LogP contribution in [0.5, 0.6) is 0 Å². The predicted molar refractivity (Wildman–Crippen MR) is 68.2 cm³/mol. The SMILES string of the molecule is Cc1ccc(C(C)(C)CNC(CC(=O)O)C(=O)O)o1. The highest BCUT2D eigenvalue weighted by molar-refractivity contribution is 5.80. The van der Waals surface area contributed by atoms with Crippen LogP contribution < -0.4 is 5.32 Å². The van der Waals surface area contributed by atoms with Crippen LogP contribution in [0.15, 0.2) is 16.5 Å². The molecule has 0 aliphatic heterocycles. The predicted octanol–water partition coefficient (Wildman–Crippen LogP) is 1.38. The van der Waals surface area contributed by atoms with Crippen molar-refractivity contribution in [2.75, 3.05) is 6.54 Å². The summed E-state index contributed by atoms with van der Waals surface area (Å²) in [6.07, 6.45) is -0.456. The first kappa shape index (κ1) is 15.2. The average Bonchev–Trinajstić information content (AvgIpc) is 2.71. The molecule has 6 nitrogen and oxygen atoms in total. The zero-order valence-corrected chi connectivity index (χ0v) is 11.3. The second-order valence-electron chi connectivity index (χ2n) is 5.16. The molecule has 0 fully saturated rings. The van der Waals surface area contributed by atoms with Crippen LogP contribution in [0.1, 0.15) is 31.8 Å². The Balaban J connectivity index is 2.67. The van der Waals surface area contributed by atoms with Gasteiger partial charge in [-0.3, -0.25) is 9.59 Å². The highest BCUT2D eigenvalue weighted by Gasteiger charge is 2.28. The molecular formula is C13H19NO5. The van der Waals surface area contributed by atoms with Crippen LogP contribution in [-0.2, 0) is 15.0 Å². The van der Waals surface area contributed by atoms with Crippen molar-refractivity contribution in [1.82, 2.24) is 5.32 Å². The number of carbonyl (C=O) groups is 2. The third kappa shape index (κ3) is 4.40. The van der Waals surface area contributed by atoms with Crippen LogP contribution in [0, 0.1) is 6.92 Å². The monoisotopic (exact) mass is 269 g/mol. The van der Waals surface area contributed by atoms with Gasteiger partial charge in [0.2, 0.25) is 0 Å². The molecule has 1 aromatic rings. The van der Waals surface area contributed by atoms with E-state index in [1.807, 2.05) is 32.9 Å². The van der Waals surface area contributed by atoms with Crippen LogP contribution >= 0.6 is 0 Å². The van der Waals surface area contributed by atoms with Gasteiger partial charge in [-0.25, -0.2) is 0 Å². The number of aliphatic carboxylic acids is 2. The van der Waals surface area contributed by atoms with Crippen molar-refractivity contribution in [1.29, 1.82) is 0 Å². The first-order valence-electron chi connectivity index (χ1n) is 5.97. The highest BCUT2D eigenvalue weighted by Crippen LogP contribution is 2.24. The van der Waals surface area contributed by atoms with Crippen LogP contribution in [-0.4, -0.2) is 34.7 Å². The zero-order chi connectivity index (χ0) is 14.6. The lowest BCUT2D eigenvalue weighted by Gasteiger charge is -2.24. The quantitative estimate of drug-likeness (QED) is 0.691. The molecule has 0 aliphatic carbocycles. The second kappa shape index (κ2) is 5.88. The summed E-state index contributed by atoms with van der Waals surface area (Å²) in [4.78, 5) is 21.5. The van der Waals surface area contributed by atoms with E-state index in [0.717, 1.165) is 11.5 Å². The zero-order valence-electron chi connectivity index (χ0n) is 11.3. The van der Waals surface area contributed by atoms with E-state index in [1.165, 1.54) is 0 Å². The average molecular weight is 269 g/mol. The van der Waals surface area contributed by atoms with Gasteiger partial charge in [0.15, 0.2) is 0 Å². The summed E-state index contributed by atoms with van der Waals surface area (Å²) >= 11 is 0. The van der Waals surface area contributed by atoms with Gasteiger partial charge < -0.3 is 19.9 Å². The largest absolute Gasteiger partial charge is 0.481 e. The van der Waals surface area contributed by atoms with E-state index >= 15 is 0 Å². The Morgan fingerprint density at radius 3 is 2.42 bits per heavy atom. The molecule has 3 N–H and O–H groups in total. The van der Waals surface area contributed by atoms with E-state index in [9.17, 15) is 9.59 Å². The molecule has 0 saturated carbocycles. The van der Waals surface area contributed by atoms with Gasteiger partial charge in [0.1, 0.15) is 17.6 Å². The van der Waals surface area contributed by atoms with Crippen molar-refractivity contribution in [2.24, 2.45) is 0 Å². The van der Waals surface area contributed by atoms with Gasteiger partial charge in [0.05, 0.1) is 6.42 Å². The minimum Gasteiger partial charge on any atom is -0.481 e. The van der Waals surface area contributed by atoms with Crippen LogP contribution in [0.3, 0.4) is 0 Å². The number of carboxylic acid groups (broad SMARTS) is 2. The Morgan fingerprint density at radius 1 is 1.37 bits per heavy atom. The molecule has 0 aliphatic rings. The summed E-state index contributed by atoms with van der Waals surface area (Å²) in [5.41, 5.74) is -0.416. The summed E-state index contributed by atoms with van der Waals surface area (Å²) in [7, 11) is 0. The Bertz CT molecular complexity index is 463. The minimum atomic E-state index is -1.17. The van der Waals surface area contributed by atoms with Gasteiger partial charge in [-0.2, -0.15) is 0 Å². The first-order valence-corrected chi connectivity index (χ1v) is 5.97. The Morgan fingerprint density at radius 2 is 2.00 bits per heavy atom. The molecule has 0 bridgehead atoms. The van der Waals surface area contributed by atoms with Gasteiger partial charge in [-0.15, -0.1) is 0 Å². The van der Waals surface area contributed by atoms with Gasteiger partial charge in [-0.05, 0) is 19.1 Å². The standard InChI is InChI=1S/C13H19NO5/c1-8-4-5-10(19-8)13(2,3)7-14-9(12(17)18)6-11(15)16/h4-5,9,14H,6-7H2,1-3H3,(H,15,16)(H,17,18). The summed E-state index contributed by atoms with van der Waals surface area (Å²) in [6, 6.07) is 2.57. The van der Waals surface area contributed by atoms with Gasteiger partial charge in [0, 0.05) is 12.0 Å². The number of hydrogen-bond acceptors (Lipinski definition) is 4. The van der Waals surface area contributed by atoms with Crippen molar-refractivity contribution in [2.45, 2.75) is 38.6 Å². The van der Waals surface area contributed by atoms with Gasteiger partial charge in [0.25, 0.3) is 0 Å². The maximum absolute atomic E-state index is 10.9. The lowest BCUT2D eigenvalue weighted by atomic mass is 9.90. The lowest BCUT2D eigenvalue weighted by molar-refractivity contribution is -0.146. The van der Waals surface area contributed by atoms with Gasteiger partial charge in [-0.1, -0.05) is 13.8 Å². The van der Waals surface area contributed by atoms with E-state index in [-0.39, 0.29) is 0 Å². The van der Waals surface area contributed by atoms with Crippen LogP contribution in [0.4, 0.5) is 0 Å². The normalized spacial score (nSPS) is 13.2. The molecule has 19 heavy (non-hydrogen) atoms. The number of rotatable bonds is 7. The fraction of sp³-hybridized carbons (Fsp3) is 0.538. The summed E-state index contributed by atoms with van der Waals surface area (Å²) in [5.74, 6) is -0.805. The van der Waals surface area contributed by atoms with Crippen LogP contribution in [0.2, 0.25) is 0 Å².